The Morgan fingerprint density at radius 2 is 2.00 bits per heavy atom. The fraction of sp³-hybridized carbons (Fsp3) is 0.778. The summed E-state index contributed by atoms with van der Waals surface area (Å²) in [5.41, 5.74) is 1.37. The highest BCUT2D eigenvalue weighted by atomic mass is 14.9. The maximum absolute atomic E-state index is 3.39. The maximum atomic E-state index is 3.39. The third kappa shape index (κ3) is 4.42. The van der Waals surface area contributed by atoms with Gasteiger partial charge in [-0.3, -0.25) is 0 Å². The first-order valence-corrected chi connectivity index (χ1v) is 4.16. The van der Waals surface area contributed by atoms with Crippen molar-refractivity contribution in [2.75, 3.05) is 0 Å². The smallest absolute Gasteiger partial charge is 0.0201 e. The van der Waals surface area contributed by atoms with Crippen LogP contribution in [0.1, 0.15) is 40.5 Å². The Labute approximate surface area is 64.5 Å². The quantitative estimate of drug-likeness (QED) is 0.634. The molecule has 0 aromatic heterocycles. The third-order valence-corrected chi connectivity index (χ3v) is 1.31. The first-order chi connectivity index (χ1) is 4.70. The van der Waals surface area contributed by atoms with Crippen molar-refractivity contribution in [2.45, 2.75) is 46.6 Å². The lowest BCUT2D eigenvalue weighted by Gasteiger charge is -2.11. The normalized spacial score (nSPS) is 12.3. The number of nitrogens with one attached hydrogen (secondary N) is 1. The van der Waals surface area contributed by atoms with Gasteiger partial charge in [-0.2, -0.15) is 0 Å². The highest BCUT2D eigenvalue weighted by Gasteiger charge is 1.93. The van der Waals surface area contributed by atoms with Gasteiger partial charge < -0.3 is 5.32 Å². The summed E-state index contributed by atoms with van der Waals surface area (Å²) in [5.74, 6) is 0. The molecule has 1 heteroatoms. The van der Waals surface area contributed by atoms with Crippen LogP contribution in [0.5, 0.6) is 0 Å². The molecule has 0 fully saturated rings. The van der Waals surface area contributed by atoms with Gasteiger partial charge in [-0.15, -0.1) is 0 Å². The molecule has 1 N–H and O–H groups in total. The van der Waals surface area contributed by atoms with Gasteiger partial charge >= 0.3 is 0 Å². The highest BCUT2D eigenvalue weighted by Crippen LogP contribution is 1.98. The van der Waals surface area contributed by atoms with Crippen LogP contribution in [0.4, 0.5) is 0 Å². The Kier molecular flexibility index (Phi) is 5.09. The molecule has 0 aromatic carbocycles. The van der Waals surface area contributed by atoms with E-state index in [4.69, 9.17) is 0 Å². The van der Waals surface area contributed by atoms with E-state index in [1.165, 1.54) is 5.70 Å². The van der Waals surface area contributed by atoms with Gasteiger partial charge in [-0.25, -0.2) is 0 Å². The molecule has 0 atom stereocenters. The molecule has 0 saturated carbocycles. The summed E-state index contributed by atoms with van der Waals surface area (Å²) in [7, 11) is 0. The second kappa shape index (κ2) is 5.33. The van der Waals surface area contributed by atoms with Crippen LogP contribution in [0.25, 0.3) is 0 Å². The van der Waals surface area contributed by atoms with E-state index in [0.29, 0.717) is 6.04 Å². The molecule has 0 bridgehead atoms. The lowest BCUT2D eigenvalue weighted by Crippen LogP contribution is -2.21. The van der Waals surface area contributed by atoms with Gasteiger partial charge in [0.15, 0.2) is 0 Å². The summed E-state index contributed by atoms with van der Waals surface area (Å²) in [6.07, 6.45) is 4.49. The molecule has 60 valence electrons. The Morgan fingerprint density at radius 1 is 1.40 bits per heavy atom. The standard InChI is InChI=1S/C9H19N/c1-5-7-9(6-2)10-8(3)4/h7-8,10H,5-6H2,1-4H3/b9-7+. The fourth-order valence-corrected chi connectivity index (χ4v) is 0.923. The van der Waals surface area contributed by atoms with Gasteiger partial charge in [0, 0.05) is 11.7 Å². The first kappa shape index (κ1) is 9.54. The number of hydrogen-bond acceptors (Lipinski definition) is 1. The molecule has 0 radical (unpaired) electrons. The zero-order valence-corrected chi connectivity index (χ0v) is 7.57. The van der Waals surface area contributed by atoms with Gasteiger partial charge in [0.1, 0.15) is 0 Å². The summed E-state index contributed by atoms with van der Waals surface area (Å²) < 4.78 is 0. The molecule has 0 saturated heterocycles. The number of rotatable bonds is 4. The maximum Gasteiger partial charge on any atom is 0.0201 e. The van der Waals surface area contributed by atoms with Gasteiger partial charge in [-0.1, -0.05) is 19.9 Å². The average Bonchev–Trinajstić information content (AvgIpc) is 1.86. The van der Waals surface area contributed by atoms with E-state index < -0.39 is 0 Å². The van der Waals surface area contributed by atoms with E-state index in [1.54, 1.807) is 0 Å². The van der Waals surface area contributed by atoms with Crippen molar-refractivity contribution in [2.24, 2.45) is 0 Å². The highest BCUT2D eigenvalue weighted by molar-refractivity contribution is 4.98. The topological polar surface area (TPSA) is 12.0 Å². The lowest BCUT2D eigenvalue weighted by atomic mass is 10.2. The molecular formula is C9H19N. The van der Waals surface area contributed by atoms with E-state index in [-0.39, 0.29) is 0 Å². The van der Waals surface area contributed by atoms with E-state index >= 15 is 0 Å². The van der Waals surface area contributed by atoms with E-state index in [1.807, 2.05) is 0 Å². The van der Waals surface area contributed by atoms with Gasteiger partial charge in [0.05, 0.1) is 0 Å². The molecule has 0 spiro atoms. The van der Waals surface area contributed by atoms with Crippen LogP contribution in [0.2, 0.25) is 0 Å². The molecule has 1 nitrogen and oxygen atoms in total. The molecule has 0 rings (SSSR count). The molecule has 10 heavy (non-hydrogen) atoms. The van der Waals surface area contributed by atoms with Crippen molar-refractivity contribution >= 4 is 0 Å². The summed E-state index contributed by atoms with van der Waals surface area (Å²) in [5, 5.41) is 3.39. The fourth-order valence-electron chi connectivity index (χ4n) is 0.923. The number of hydrogen-bond donors (Lipinski definition) is 1. The van der Waals surface area contributed by atoms with Crippen molar-refractivity contribution in [3.05, 3.63) is 11.8 Å². The van der Waals surface area contributed by atoms with Crippen molar-refractivity contribution < 1.29 is 0 Å². The molecule has 0 unspecified atom stereocenters. The van der Waals surface area contributed by atoms with Crippen molar-refractivity contribution in [1.29, 1.82) is 0 Å². The minimum Gasteiger partial charge on any atom is -0.386 e. The Balaban J connectivity index is 3.71. The first-order valence-electron chi connectivity index (χ1n) is 4.16. The van der Waals surface area contributed by atoms with Gasteiger partial charge in [-0.05, 0) is 26.7 Å². The molecule has 0 aliphatic carbocycles. The van der Waals surface area contributed by atoms with Crippen LogP contribution in [-0.2, 0) is 0 Å². The van der Waals surface area contributed by atoms with Crippen molar-refractivity contribution in [1.82, 2.24) is 5.32 Å². The van der Waals surface area contributed by atoms with Crippen molar-refractivity contribution in [3.8, 4) is 0 Å². The van der Waals surface area contributed by atoms with Gasteiger partial charge in [0.2, 0.25) is 0 Å². The van der Waals surface area contributed by atoms with Crippen LogP contribution in [0.3, 0.4) is 0 Å². The summed E-state index contributed by atoms with van der Waals surface area (Å²) in [4.78, 5) is 0. The van der Waals surface area contributed by atoms with Crippen molar-refractivity contribution in [3.63, 3.8) is 0 Å². The number of allylic oxidation sites excluding steroid dienone is 2. The average molecular weight is 141 g/mol. The third-order valence-electron chi connectivity index (χ3n) is 1.31. The van der Waals surface area contributed by atoms with Crippen LogP contribution in [0.15, 0.2) is 11.8 Å². The van der Waals surface area contributed by atoms with Crippen LogP contribution in [-0.4, -0.2) is 6.04 Å². The summed E-state index contributed by atoms with van der Waals surface area (Å²) in [6, 6.07) is 0.567. The van der Waals surface area contributed by atoms with Gasteiger partial charge in [0.25, 0.3) is 0 Å². The second-order valence-electron chi connectivity index (χ2n) is 2.79. The summed E-state index contributed by atoms with van der Waals surface area (Å²) >= 11 is 0. The minimum atomic E-state index is 0.567. The van der Waals surface area contributed by atoms with Crippen LogP contribution in [0, 0.1) is 0 Å². The molecule has 0 aliphatic heterocycles. The second-order valence-corrected chi connectivity index (χ2v) is 2.79. The monoisotopic (exact) mass is 141 g/mol. The predicted octanol–water partition coefficient (Wildman–Crippen LogP) is 2.69. The Hall–Kier alpha value is -0.460. The zero-order valence-electron chi connectivity index (χ0n) is 7.57. The predicted molar refractivity (Wildman–Crippen MR) is 46.9 cm³/mol. The van der Waals surface area contributed by atoms with E-state index in [0.717, 1.165) is 12.8 Å². The van der Waals surface area contributed by atoms with E-state index in [2.05, 4.69) is 39.1 Å². The van der Waals surface area contributed by atoms with Crippen LogP contribution >= 0.6 is 0 Å². The summed E-state index contributed by atoms with van der Waals surface area (Å²) in [6.45, 7) is 8.67. The van der Waals surface area contributed by atoms with E-state index in [9.17, 15) is 0 Å². The molecular weight excluding hydrogens is 122 g/mol. The molecule has 0 heterocycles. The zero-order chi connectivity index (χ0) is 7.98. The molecule has 0 aliphatic rings. The van der Waals surface area contributed by atoms with Crippen LogP contribution < -0.4 is 5.32 Å². The SMILES string of the molecule is CC/C=C(\CC)NC(C)C. The minimum absolute atomic E-state index is 0.567. The molecule has 0 aromatic rings. The Morgan fingerprint density at radius 3 is 2.30 bits per heavy atom. The largest absolute Gasteiger partial charge is 0.386 e. The molecule has 0 amide bonds. The Bertz CT molecular complexity index is 103. The lowest BCUT2D eigenvalue weighted by molar-refractivity contribution is 0.647.